The van der Waals surface area contributed by atoms with Gasteiger partial charge in [0.15, 0.2) is 5.82 Å². The molecule has 6 nitrogen and oxygen atoms in total. The van der Waals surface area contributed by atoms with Crippen molar-refractivity contribution in [3.63, 3.8) is 0 Å². The van der Waals surface area contributed by atoms with Crippen LogP contribution >= 0.6 is 11.3 Å². The molecule has 2 aromatic heterocycles. The third kappa shape index (κ3) is 1.70. The predicted octanol–water partition coefficient (Wildman–Crippen LogP) is 0.545. The topological polar surface area (TPSA) is 64.3 Å². The van der Waals surface area contributed by atoms with Gasteiger partial charge in [-0.3, -0.25) is 0 Å². The molecular formula is C9H13N5OS. The van der Waals surface area contributed by atoms with Crippen molar-refractivity contribution in [3.8, 4) is 0 Å². The number of aryl methyl sites for hydroxylation is 1. The van der Waals surface area contributed by atoms with Crippen molar-refractivity contribution in [2.75, 3.05) is 19.7 Å². The molecule has 0 bridgehead atoms. The standard InChI is InChI=1S/C9H13N5OS/c1-6-11-12-9-14(6)13-8(16-9)7-5-10-3-2-4-15-7/h7,10H,2-5H2,1H3. The van der Waals surface area contributed by atoms with Crippen LogP contribution in [0, 0.1) is 6.92 Å². The largest absolute Gasteiger partial charge is 0.370 e. The highest BCUT2D eigenvalue weighted by Crippen LogP contribution is 2.23. The molecule has 86 valence electrons. The van der Waals surface area contributed by atoms with E-state index in [1.165, 1.54) is 0 Å². The van der Waals surface area contributed by atoms with Crippen LogP contribution in [0.5, 0.6) is 0 Å². The Morgan fingerprint density at radius 1 is 1.50 bits per heavy atom. The Kier molecular flexibility index (Phi) is 2.58. The minimum atomic E-state index is 0.0496. The van der Waals surface area contributed by atoms with Crippen molar-refractivity contribution in [1.29, 1.82) is 0 Å². The Morgan fingerprint density at radius 3 is 3.31 bits per heavy atom. The lowest BCUT2D eigenvalue weighted by atomic mass is 10.4. The first-order valence-corrected chi connectivity index (χ1v) is 6.17. The molecule has 0 aliphatic carbocycles. The van der Waals surface area contributed by atoms with Gasteiger partial charge in [0.1, 0.15) is 11.1 Å². The summed E-state index contributed by atoms with van der Waals surface area (Å²) in [6.07, 6.45) is 1.10. The van der Waals surface area contributed by atoms with Crippen LogP contribution in [0.1, 0.15) is 23.4 Å². The van der Waals surface area contributed by atoms with Crippen molar-refractivity contribution >= 4 is 16.3 Å². The number of nitrogens with zero attached hydrogens (tertiary/aromatic N) is 4. The number of nitrogens with one attached hydrogen (secondary N) is 1. The third-order valence-electron chi connectivity index (χ3n) is 2.58. The average molecular weight is 239 g/mol. The lowest BCUT2D eigenvalue weighted by molar-refractivity contribution is 0.0660. The first-order valence-electron chi connectivity index (χ1n) is 5.35. The van der Waals surface area contributed by atoms with Crippen LogP contribution in [0.2, 0.25) is 0 Å². The molecule has 1 fully saturated rings. The van der Waals surface area contributed by atoms with Gasteiger partial charge in [0.05, 0.1) is 0 Å². The Balaban J connectivity index is 1.92. The van der Waals surface area contributed by atoms with Gasteiger partial charge in [-0.15, -0.1) is 10.2 Å². The highest BCUT2D eigenvalue weighted by Gasteiger charge is 2.20. The highest BCUT2D eigenvalue weighted by molar-refractivity contribution is 7.16. The van der Waals surface area contributed by atoms with Gasteiger partial charge in [-0.05, 0) is 19.9 Å². The van der Waals surface area contributed by atoms with Crippen LogP contribution in [0.25, 0.3) is 4.96 Å². The second-order valence-electron chi connectivity index (χ2n) is 3.80. The van der Waals surface area contributed by atoms with Crippen LogP contribution in [0.4, 0.5) is 0 Å². The van der Waals surface area contributed by atoms with E-state index < -0.39 is 0 Å². The highest BCUT2D eigenvalue weighted by atomic mass is 32.1. The van der Waals surface area contributed by atoms with Crippen LogP contribution in [0.3, 0.4) is 0 Å². The summed E-state index contributed by atoms with van der Waals surface area (Å²) < 4.78 is 7.52. The summed E-state index contributed by atoms with van der Waals surface area (Å²) in [5, 5.41) is 16.8. The quantitative estimate of drug-likeness (QED) is 0.787. The molecule has 0 saturated carbocycles. The van der Waals surface area contributed by atoms with E-state index in [-0.39, 0.29) is 6.10 Å². The second-order valence-corrected chi connectivity index (χ2v) is 4.79. The molecule has 1 atom stereocenters. The van der Waals surface area contributed by atoms with Crippen molar-refractivity contribution in [1.82, 2.24) is 25.1 Å². The molecule has 1 aliphatic heterocycles. The van der Waals surface area contributed by atoms with E-state index in [9.17, 15) is 0 Å². The molecule has 16 heavy (non-hydrogen) atoms. The zero-order chi connectivity index (χ0) is 11.0. The van der Waals surface area contributed by atoms with E-state index in [2.05, 4.69) is 20.6 Å². The molecule has 1 N–H and O–H groups in total. The first kappa shape index (κ1) is 10.1. The van der Waals surface area contributed by atoms with Gasteiger partial charge in [0.2, 0.25) is 4.96 Å². The zero-order valence-corrected chi connectivity index (χ0v) is 9.83. The van der Waals surface area contributed by atoms with E-state index in [0.29, 0.717) is 0 Å². The second kappa shape index (κ2) is 4.08. The molecule has 1 aliphatic rings. The summed E-state index contributed by atoms with van der Waals surface area (Å²) in [5.74, 6) is 0.819. The lowest BCUT2D eigenvalue weighted by Gasteiger charge is -2.10. The molecule has 3 heterocycles. The maximum absolute atomic E-state index is 5.75. The van der Waals surface area contributed by atoms with Gasteiger partial charge >= 0.3 is 0 Å². The molecule has 2 aromatic rings. The van der Waals surface area contributed by atoms with Gasteiger partial charge in [0, 0.05) is 13.2 Å². The lowest BCUT2D eigenvalue weighted by Crippen LogP contribution is -2.20. The van der Waals surface area contributed by atoms with Crippen molar-refractivity contribution < 1.29 is 4.74 Å². The van der Waals surface area contributed by atoms with E-state index in [1.807, 2.05) is 6.92 Å². The van der Waals surface area contributed by atoms with Crippen molar-refractivity contribution in [3.05, 3.63) is 10.8 Å². The van der Waals surface area contributed by atoms with Crippen molar-refractivity contribution in [2.24, 2.45) is 0 Å². The fourth-order valence-electron chi connectivity index (χ4n) is 1.73. The molecule has 1 unspecified atom stereocenters. The van der Waals surface area contributed by atoms with E-state index >= 15 is 0 Å². The van der Waals surface area contributed by atoms with E-state index in [4.69, 9.17) is 4.74 Å². The molecule has 0 aromatic carbocycles. The Morgan fingerprint density at radius 2 is 2.44 bits per heavy atom. The fraction of sp³-hybridized carbons (Fsp3) is 0.667. The predicted molar refractivity (Wildman–Crippen MR) is 59.6 cm³/mol. The molecule has 1 saturated heterocycles. The zero-order valence-electron chi connectivity index (χ0n) is 9.01. The molecule has 3 rings (SSSR count). The number of aromatic nitrogens is 4. The Labute approximate surface area is 96.6 Å². The summed E-state index contributed by atoms with van der Waals surface area (Å²) in [4.78, 5) is 0.834. The summed E-state index contributed by atoms with van der Waals surface area (Å²) in [7, 11) is 0. The third-order valence-corrected chi connectivity index (χ3v) is 3.58. The van der Waals surface area contributed by atoms with Crippen LogP contribution in [-0.2, 0) is 4.74 Å². The number of hydrogen-bond donors (Lipinski definition) is 1. The first-order chi connectivity index (χ1) is 7.84. The fourth-order valence-corrected chi connectivity index (χ4v) is 2.67. The van der Waals surface area contributed by atoms with E-state index in [1.54, 1.807) is 15.9 Å². The normalized spacial score (nSPS) is 22.4. The summed E-state index contributed by atoms with van der Waals surface area (Å²) in [6.45, 7) is 4.52. The minimum absolute atomic E-state index is 0.0496. The van der Waals surface area contributed by atoms with Crippen LogP contribution < -0.4 is 5.32 Å². The smallest absolute Gasteiger partial charge is 0.234 e. The summed E-state index contributed by atoms with van der Waals surface area (Å²) in [6, 6.07) is 0. The maximum atomic E-state index is 5.75. The molecule has 0 radical (unpaired) electrons. The molecule has 0 spiro atoms. The maximum Gasteiger partial charge on any atom is 0.234 e. The van der Waals surface area contributed by atoms with Crippen LogP contribution in [0.15, 0.2) is 0 Å². The number of hydrogen-bond acceptors (Lipinski definition) is 6. The van der Waals surface area contributed by atoms with Gasteiger partial charge in [-0.25, -0.2) is 0 Å². The molecule has 7 heteroatoms. The number of fused-ring (bicyclic) bond motifs is 1. The Bertz CT molecular complexity index is 485. The van der Waals surface area contributed by atoms with Crippen molar-refractivity contribution in [2.45, 2.75) is 19.4 Å². The molecule has 0 amide bonds. The monoisotopic (exact) mass is 239 g/mol. The van der Waals surface area contributed by atoms with Gasteiger partial charge < -0.3 is 10.1 Å². The van der Waals surface area contributed by atoms with Crippen LogP contribution in [-0.4, -0.2) is 39.5 Å². The molecular weight excluding hydrogens is 226 g/mol. The SMILES string of the molecule is Cc1nnc2sc(C3CNCCCO3)nn12. The van der Waals surface area contributed by atoms with Gasteiger partial charge in [0.25, 0.3) is 0 Å². The summed E-state index contributed by atoms with van der Waals surface area (Å²) >= 11 is 1.55. The average Bonchev–Trinajstić information content (AvgIpc) is 2.72. The number of ether oxygens (including phenoxy) is 1. The van der Waals surface area contributed by atoms with Gasteiger partial charge in [-0.1, -0.05) is 11.3 Å². The summed E-state index contributed by atoms with van der Waals surface area (Å²) in [5.41, 5.74) is 0. The Hall–Kier alpha value is -1.05. The number of rotatable bonds is 1. The van der Waals surface area contributed by atoms with Gasteiger partial charge in [-0.2, -0.15) is 9.61 Å². The van der Waals surface area contributed by atoms with E-state index in [0.717, 1.165) is 41.9 Å². The minimum Gasteiger partial charge on any atom is -0.370 e.